The number of hydrogen-bond donors (Lipinski definition) is 2. The van der Waals surface area contributed by atoms with Crippen LogP contribution in [0.15, 0.2) is 36.5 Å². The molecule has 3 N–H and O–H groups in total. The monoisotopic (exact) mass is 247 g/mol. The summed E-state index contributed by atoms with van der Waals surface area (Å²) in [6.07, 6.45) is 1.72. The van der Waals surface area contributed by atoms with Gasteiger partial charge in [0.15, 0.2) is 5.13 Å². The van der Waals surface area contributed by atoms with Crippen molar-refractivity contribution < 1.29 is 4.79 Å². The highest BCUT2D eigenvalue weighted by atomic mass is 32.1. The van der Waals surface area contributed by atoms with Crippen molar-refractivity contribution in [3.63, 3.8) is 0 Å². The molecule has 4 nitrogen and oxygen atoms in total. The predicted octanol–water partition coefficient (Wildman–Crippen LogP) is 2.09. The SMILES string of the molecule is Cc1cnc(NC(=O)[C@@H](N)c2ccccc2)s1. The van der Waals surface area contributed by atoms with Crippen LogP contribution in [0.4, 0.5) is 5.13 Å². The number of anilines is 1. The number of amides is 1. The molecular weight excluding hydrogens is 234 g/mol. The lowest BCUT2D eigenvalue weighted by Gasteiger charge is -2.10. The number of carbonyl (C=O) groups excluding carboxylic acids is 1. The largest absolute Gasteiger partial charge is 0.316 e. The Bertz CT molecular complexity index is 509. The van der Waals surface area contributed by atoms with Gasteiger partial charge in [-0.2, -0.15) is 0 Å². The van der Waals surface area contributed by atoms with Crippen LogP contribution in [0.25, 0.3) is 0 Å². The van der Waals surface area contributed by atoms with Crippen LogP contribution < -0.4 is 11.1 Å². The van der Waals surface area contributed by atoms with Crippen molar-refractivity contribution in [2.24, 2.45) is 5.73 Å². The van der Waals surface area contributed by atoms with Crippen LogP contribution in [0.2, 0.25) is 0 Å². The highest BCUT2D eigenvalue weighted by Gasteiger charge is 2.16. The van der Waals surface area contributed by atoms with E-state index in [1.165, 1.54) is 11.3 Å². The maximum absolute atomic E-state index is 11.9. The van der Waals surface area contributed by atoms with Crippen molar-refractivity contribution in [2.75, 3.05) is 5.32 Å². The first-order valence-electron chi connectivity index (χ1n) is 5.20. The molecule has 2 aromatic rings. The minimum atomic E-state index is -0.666. The molecule has 1 atom stereocenters. The molecule has 0 aliphatic carbocycles. The van der Waals surface area contributed by atoms with Gasteiger partial charge in [-0.1, -0.05) is 30.3 Å². The molecule has 5 heteroatoms. The van der Waals surface area contributed by atoms with Crippen molar-refractivity contribution in [2.45, 2.75) is 13.0 Å². The molecule has 0 spiro atoms. The molecule has 0 aliphatic heterocycles. The average Bonchev–Trinajstić information content (AvgIpc) is 2.75. The number of nitrogens with one attached hydrogen (secondary N) is 1. The fourth-order valence-electron chi connectivity index (χ4n) is 1.41. The number of aromatic nitrogens is 1. The van der Waals surface area contributed by atoms with Gasteiger partial charge in [0.25, 0.3) is 0 Å². The Balaban J connectivity index is 2.06. The smallest absolute Gasteiger partial charge is 0.247 e. The van der Waals surface area contributed by atoms with Crippen molar-refractivity contribution in [3.8, 4) is 0 Å². The lowest BCUT2D eigenvalue weighted by atomic mass is 10.1. The number of hydrogen-bond acceptors (Lipinski definition) is 4. The number of nitrogens with two attached hydrogens (primary N) is 1. The number of benzene rings is 1. The number of nitrogens with zero attached hydrogens (tertiary/aromatic N) is 1. The fraction of sp³-hybridized carbons (Fsp3) is 0.167. The molecule has 88 valence electrons. The Labute approximate surface area is 103 Å². The lowest BCUT2D eigenvalue weighted by molar-refractivity contribution is -0.117. The van der Waals surface area contributed by atoms with Crippen LogP contribution in [0, 0.1) is 6.92 Å². The predicted molar refractivity (Wildman–Crippen MR) is 68.9 cm³/mol. The third-order valence-corrected chi connectivity index (χ3v) is 3.12. The van der Waals surface area contributed by atoms with E-state index in [0.717, 1.165) is 10.4 Å². The van der Waals surface area contributed by atoms with E-state index in [1.54, 1.807) is 6.20 Å². The molecule has 0 bridgehead atoms. The van der Waals surface area contributed by atoms with Crippen LogP contribution in [0.5, 0.6) is 0 Å². The van der Waals surface area contributed by atoms with Gasteiger partial charge in [-0.15, -0.1) is 11.3 Å². The molecule has 1 amide bonds. The standard InChI is InChI=1S/C12H13N3OS/c1-8-7-14-12(17-8)15-11(16)10(13)9-5-3-2-4-6-9/h2-7,10H,13H2,1H3,(H,14,15,16)/t10-/m0/s1. The molecule has 17 heavy (non-hydrogen) atoms. The molecule has 0 unspecified atom stereocenters. The first-order chi connectivity index (χ1) is 8.16. The van der Waals surface area contributed by atoms with Crippen molar-refractivity contribution in [1.82, 2.24) is 4.98 Å². The molecule has 1 heterocycles. The summed E-state index contributed by atoms with van der Waals surface area (Å²) in [5, 5.41) is 3.29. The Kier molecular flexibility index (Phi) is 3.51. The summed E-state index contributed by atoms with van der Waals surface area (Å²) in [6.45, 7) is 1.93. The molecule has 0 saturated carbocycles. The highest BCUT2D eigenvalue weighted by molar-refractivity contribution is 7.15. The van der Waals surface area contributed by atoms with Gasteiger partial charge < -0.3 is 11.1 Å². The first-order valence-corrected chi connectivity index (χ1v) is 6.02. The molecular formula is C12H13N3OS. The second-order valence-electron chi connectivity index (χ2n) is 3.65. The fourth-order valence-corrected chi connectivity index (χ4v) is 2.07. The molecule has 1 aromatic heterocycles. The van der Waals surface area contributed by atoms with Gasteiger partial charge in [-0.25, -0.2) is 4.98 Å². The third kappa shape index (κ3) is 2.89. The van der Waals surface area contributed by atoms with E-state index in [0.29, 0.717) is 5.13 Å². The van der Waals surface area contributed by atoms with Crippen molar-refractivity contribution in [3.05, 3.63) is 47.0 Å². The van der Waals surface area contributed by atoms with Crippen molar-refractivity contribution >= 4 is 22.4 Å². The highest BCUT2D eigenvalue weighted by Crippen LogP contribution is 2.18. The molecule has 0 radical (unpaired) electrons. The Hall–Kier alpha value is -1.72. The molecule has 1 aromatic carbocycles. The first kappa shape index (κ1) is 11.8. The van der Waals surface area contributed by atoms with E-state index in [2.05, 4.69) is 10.3 Å². The van der Waals surface area contributed by atoms with Gasteiger partial charge in [0, 0.05) is 11.1 Å². The molecule has 0 aliphatic rings. The number of rotatable bonds is 3. The summed E-state index contributed by atoms with van der Waals surface area (Å²) in [5.74, 6) is -0.245. The van der Waals surface area contributed by atoms with Gasteiger partial charge in [0.1, 0.15) is 6.04 Å². The quantitative estimate of drug-likeness (QED) is 0.872. The zero-order chi connectivity index (χ0) is 12.3. The molecule has 0 saturated heterocycles. The van der Waals surface area contributed by atoms with Gasteiger partial charge in [-0.3, -0.25) is 4.79 Å². The summed E-state index contributed by atoms with van der Waals surface area (Å²) < 4.78 is 0. The van der Waals surface area contributed by atoms with Crippen LogP contribution in [-0.2, 0) is 4.79 Å². The Morgan fingerprint density at radius 3 is 2.71 bits per heavy atom. The van der Waals surface area contributed by atoms with Gasteiger partial charge in [-0.05, 0) is 12.5 Å². The normalized spacial score (nSPS) is 12.1. The van der Waals surface area contributed by atoms with Crippen LogP contribution in [-0.4, -0.2) is 10.9 Å². The average molecular weight is 247 g/mol. The van der Waals surface area contributed by atoms with Crippen molar-refractivity contribution in [1.29, 1.82) is 0 Å². The van der Waals surface area contributed by atoms with E-state index in [9.17, 15) is 4.79 Å². The van der Waals surface area contributed by atoms with E-state index < -0.39 is 6.04 Å². The van der Waals surface area contributed by atoms with E-state index in [1.807, 2.05) is 37.3 Å². The summed E-state index contributed by atoms with van der Waals surface area (Å²) in [6, 6.07) is 8.60. The molecule has 2 rings (SSSR count). The third-order valence-electron chi connectivity index (χ3n) is 2.29. The van der Waals surface area contributed by atoms with Gasteiger partial charge in [0.05, 0.1) is 0 Å². The lowest BCUT2D eigenvalue weighted by Crippen LogP contribution is -2.27. The zero-order valence-corrected chi connectivity index (χ0v) is 10.2. The maximum Gasteiger partial charge on any atom is 0.247 e. The summed E-state index contributed by atoms with van der Waals surface area (Å²) in [5.41, 5.74) is 6.65. The van der Waals surface area contributed by atoms with Crippen LogP contribution in [0.3, 0.4) is 0 Å². The number of carbonyl (C=O) groups is 1. The maximum atomic E-state index is 11.9. The Morgan fingerprint density at radius 1 is 1.41 bits per heavy atom. The summed E-state index contributed by atoms with van der Waals surface area (Å²) in [7, 11) is 0. The second-order valence-corrected chi connectivity index (χ2v) is 4.89. The zero-order valence-electron chi connectivity index (χ0n) is 9.38. The minimum absolute atomic E-state index is 0.245. The topological polar surface area (TPSA) is 68.0 Å². The van der Waals surface area contributed by atoms with E-state index >= 15 is 0 Å². The number of thiazole rings is 1. The second kappa shape index (κ2) is 5.07. The number of aryl methyl sites for hydroxylation is 1. The molecule has 0 fully saturated rings. The summed E-state index contributed by atoms with van der Waals surface area (Å²) in [4.78, 5) is 17.0. The van der Waals surface area contributed by atoms with E-state index in [-0.39, 0.29) is 5.91 Å². The van der Waals surface area contributed by atoms with E-state index in [4.69, 9.17) is 5.73 Å². The minimum Gasteiger partial charge on any atom is -0.316 e. The van der Waals surface area contributed by atoms with Gasteiger partial charge >= 0.3 is 0 Å². The van der Waals surface area contributed by atoms with Crippen LogP contribution in [0.1, 0.15) is 16.5 Å². The van der Waals surface area contributed by atoms with Crippen LogP contribution >= 0.6 is 11.3 Å². The van der Waals surface area contributed by atoms with Gasteiger partial charge in [0.2, 0.25) is 5.91 Å². The Morgan fingerprint density at radius 2 is 2.12 bits per heavy atom. The summed E-state index contributed by atoms with van der Waals surface area (Å²) >= 11 is 1.43.